The lowest BCUT2D eigenvalue weighted by molar-refractivity contribution is -0.143. The molecule has 0 aliphatic heterocycles. The Morgan fingerprint density at radius 1 is 1.06 bits per heavy atom. The molecule has 1 aliphatic carbocycles. The predicted octanol–water partition coefficient (Wildman–Crippen LogP) is 2.72. The SMILES string of the molecule is O=C(CNS(=O)(=O)c1ccc(F)c(F)c1F)OCc1cc(=O)oc2cc3c(cc12)CCC3. The molecule has 0 unspecified atom stereocenters. The zero-order valence-corrected chi connectivity index (χ0v) is 17.2. The second-order valence-electron chi connectivity index (χ2n) is 7.22. The minimum Gasteiger partial charge on any atom is -0.460 e. The molecule has 7 nitrogen and oxygen atoms in total. The molecule has 2 aromatic carbocycles. The van der Waals surface area contributed by atoms with Gasteiger partial charge in [0.05, 0.1) is 0 Å². The summed E-state index contributed by atoms with van der Waals surface area (Å²) >= 11 is 0. The number of halogens is 3. The van der Waals surface area contributed by atoms with Gasteiger partial charge in [0.1, 0.15) is 23.6 Å². The van der Waals surface area contributed by atoms with Crippen LogP contribution in [0.1, 0.15) is 23.1 Å². The molecule has 32 heavy (non-hydrogen) atoms. The van der Waals surface area contributed by atoms with Crippen LogP contribution in [0.25, 0.3) is 11.0 Å². The molecule has 0 amide bonds. The third-order valence-electron chi connectivity index (χ3n) is 5.13. The van der Waals surface area contributed by atoms with Crippen LogP contribution in [0.2, 0.25) is 0 Å². The lowest BCUT2D eigenvalue weighted by atomic mass is 10.0. The number of hydrogen-bond acceptors (Lipinski definition) is 6. The Kier molecular flexibility index (Phi) is 5.78. The van der Waals surface area contributed by atoms with Crippen LogP contribution in [-0.2, 0) is 39.0 Å². The van der Waals surface area contributed by atoms with Crippen molar-refractivity contribution in [2.45, 2.75) is 30.8 Å². The maximum atomic E-state index is 13.7. The van der Waals surface area contributed by atoms with E-state index in [0.717, 1.165) is 30.4 Å². The number of rotatable bonds is 6. The smallest absolute Gasteiger partial charge is 0.336 e. The van der Waals surface area contributed by atoms with Crippen molar-refractivity contribution in [2.75, 3.05) is 6.54 Å². The Labute approximate surface area is 179 Å². The van der Waals surface area contributed by atoms with Gasteiger partial charge in [-0.3, -0.25) is 4.79 Å². The second kappa shape index (κ2) is 8.40. The van der Waals surface area contributed by atoms with E-state index in [9.17, 15) is 31.2 Å². The first kappa shape index (κ1) is 22.0. The molecule has 0 fully saturated rings. The van der Waals surface area contributed by atoms with Crippen molar-refractivity contribution in [2.24, 2.45) is 0 Å². The van der Waals surface area contributed by atoms with E-state index in [2.05, 4.69) is 0 Å². The Morgan fingerprint density at radius 2 is 1.78 bits per heavy atom. The Bertz CT molecular complexity index is 1400. The summed E-state index contributed by atoms with van der Waals surface area (Å²) in [5.74, 6) is -6.43. The maximum Gasteiger partial charge on any atom is 0.336 e. The summed E-state index contributed by atoms with van der Waals surface area (Å²) in [6, 6.07) is 5.83. The van der Waals surface area contributed by atoms with Crippen LogP contribution in [0.3, 0.4) is 0 Å². The van der Waals surface area contributed by atoms with Gasteiger partial charge in [-0.25, -0.2) is 26.4 Å². The number of carbonyl (C=O) groups is 1. The largest absolute Gasteiger partial charge is 0.460 e. The number of sulfonamides is 1. The van der Waals surface area contributed by atoms with E-state index in [1.807, 2.05) is 6.07 Å². The van der Waals surface area contributed by atoms with Gasteiger partial charge in [0.15, 0.2) is 17.5 Å². The van der Waals surface area contributed by atoms with Crippen LogP contribution in [0.5, 0.6) is 0 Å². The van der Waals surface area contributed by atoms with Gasteiger partial charge in [0, 0.05) is 17.0 Å². The third-order valence-corrected chi connectivity index (χ3v) is 6.55. The third kappa shape index (κ3) is 4.26. The fourth-order valence-electron chi connectivity index (χ4n) is 3.57. The number of hydrogen-bond donors (Lipinski definition) is 1. The standard InChI is InChI=1S/C21H16F3NO6S/c22-15-4-5-17(21(24)20(15)23)32(28,29)25-9-19(27)30-10-13-8-18(26)31-16-7-12-3-1-2-11(12)6-14(13)16/h4-8,25H,1-3,9-10H2. The van der Waals surface area contributed by atoms with E-state index >= 15 is 0 Å². The van der Waals surface area contributed by atoms with Crippen molar-refractivity contribution in [3.63, 3.8) is 0 Å². The molecule has 168 valence electrons. The van der Waals surface area contributed by atoms with Crippen molar-refractivity contribution in [1.29, 1.82) is 0 Å². The number of aryl methyl sites for hydroxylation is 2. The average Bonchev–Trinajstić information content (AvgIpc) is 3.20. The molecule has 0 spiro atoms. The fourth-order valence-corrected chi connectivity index (χ4v) is 4.61. The van der Waals surface area contributed by atoms with Gasteiger partial charge < -0.3 is 9.15 Å². The summed E-state index contributed by atoms with van der Waals surface area (Å²) in [6.45, 7) is -1.23. The van der Waals surface area contributed by atoms with Gasteiger partial charge in [-0.1, -0.05) is 0 Å². The highest BCUT2D eigenvalue weighted by atomic mass is 32.2. The summed E-state index contributed by atoms with van der Waals surface area (Å²) in [7, 11) is -4.65. The quantitative estimate of drug-likeness (QED) is 0.340. The highest BCUT2D eigenvalue weighted by molar-refractivity contribution is 7.89. The van der Waals surface area contributed by atoms with Crippen LogP contribution in [0.15, 0.2) is 44.4 Å². The number of esters is 1. The van der Waals surface area contributed by atoms with Gasteiger partial charge in [0.25, 0.3) is 0 Å². The predicted molar refractivity (Wildman–Crippen MR) is 106 cm³/mol. The van der Waals surface area contributed by atoms with Gasteiger partial charge in [-0.2, -0.15) is 4.72 Å². The summed E-state index contributed by atoms with van der Waals surface area (Å²) in [6.07, 6.45) is 2.75. The number of benzene rings is 2. The van der Waals surface area contributed by atoms with E-state index in [1.165, 1.54) is 6.07 Å². The van der Waals surface area contributed by atoms with Gasteiger partial charge >= 0.3 is 11.6 Å². The molecule has 1 aromatic heterocycles. The molecular weight excluding hydrogens is 451 g/mol. The molecule has 1 heterocycles. The minimum absolute atomic E-state index is 0.332. The summed E-state index contributed by atoms with van der Waals surface area (Å²) in [5.41, 5.74) is 2.32. The Balaban J connectivity index is 1.46. The molecule has 0 radical (unpaired) electrons. The van der Waals surface area contributed by atoms with Crippen LogP contribution >= 0.6 is 0 Å². The highest BCUT2D eigenvalue weighted by Crippen LogP contribution is 2.28. The van der Waals surface area contributed by atoms with Crippen molar-refractivity contribution >= 4 is 27.0 Å². The zero-order chi connectivity index (χ0) is 23.0. The number of ether oxygens (including phenoxy) is 1. The molecule has 1 aliphatic rings. The van der Waals surface area contributed by atoms with E-state index in [0.29, 0.717) is 28.7 Å². The fraction of sp³-hybridized carbons (Fsp3) is 0.238. The average molecular weight is 467 g/mol. The molecule has 0 atom stereocenters. The van der Waals surface area contributed by atoms with E-state index in [4.69, 9.17) is 9.15 Å². The van der Waals surface area contributed by atoms with Crippen LogP contribution in [0.4, 0.5) is 13.2 Å². The first-order valence-corrected chi connectivity index (χ1v) is 11.0. The van der Waals surface area contributed by atoms with Crippen molar-refractivity contribution < 1.29 is 35.5 Å². The first-order chi connectivity index (χ1) is 15.2. The number of nitrogens with one attached hydrogen (secondary N) is 1. The molecular formula is C21H16F3NO6S. The molecule has 0 saturated carbocycles. The van der Waals surface area contributed by atoms with Crippen molar-refractivity contribution in [3.05, 3.63) is 74.9 Å². The molecule has 4 rings (SSSR count). The lowest BCUT2D eigenvalue weighted by Gasteiger charge is -2.10. The second-order valence-corrected chi connectivity index (χ2v) is 8.96. The Morgan fingerprint density at radius 3 is 2.53 bits per heavy atom. The molecule has 0 saturated heterocycles. The Hall–Kier alpha value is -3.18. The van der Waals surface area contributed by atoms with Crippen molar-refractivity contribution in [1.82, 2.24) is 4.72 Å². The normalized spacial score (nSPS) is 13.3. The summed E-state index contributed by atoms with van der Waals surface area (Å²) < 4.78 is 76.3. The van der Waals surface area contributed by atoms with Crippen LogP contribution in [0, 0.1) is 17.5 Å². The number of carbonyl (C=O) groups excluding carboxylic acids is 1. The van der Waals surface area contributed by atoms with Gasteiger partial charge in [-0.15, -0.1) is 0 Å². The first-order valence-electron chi connectivity index (χ1n) is 9.53. The maximum absolute atomic E-state index is 13.7. The monoisotopic (exact) mass is 467 g/mol. The molecule has 0 bridgehead atoms. The van der Waals surface area contributed by atoms with Gasteiger partial charge in [-0.05, 0) is 54.7 Å². The number of fused-ring (bicyclic) bond motifs is 2. The van der Waals surface area contributed by atoms with Gasteiger partial charge in [0.2, 0.25) is 10.0 Å². The highest BCUT2D eigenvalue weighted by Gasteiger charge is 2.25. The lowest BCUT2D eigenvalue weighted by Crippen LogP contribution is -2.31. The topological polar surface area (TPSA) is 103 Å². The van der Waals surface area contributed by atoms with Crippen LogP contribution in [-0.4, -0.2) is 20.9 Å². The zero-order valence-electron chi connectivity index (χ0n) is 16.4. The molecule has 1 N–H and O–H groups in total. The van der Waals surface area contributed by atoms with E-state index < -0.39 is 50.5 Å². The van der Waals surface area contributed by atoms with E-state index in [-0.39, 0.29) is 6.61 Å². The molecule has 3 aromatic rings. The van der Waals surface area contributed by atoms with Crippen LogP contribution < -0.4 is 10.3 Å². The van der Waals surface area contributed by atoms with Crippen molar-refractivity contribution in [3.8, 4) is 0 Å². The summed E-state index contributed by atoms with van der Waals surface area (Å²) in [4.78, 5) is 22.7. The molecule has 11 heteroatoms. The summed E-state index contributed by atoms with van der Waals surface area (Å²) in [5, 5.41) is 0.600. The minimum atomic E-state index is -4.65. The van der Waals surface area contributed by atoms with E-state index in [1.54, 1.807) is 10.8 Å².